The monoisotopic (exact) mass is 326 g/mol. The van der Waals surface area contributed by atoms with Gasteiger partial charge >= 0.3 is 5.97 Å². The molecule has 0 bridgehead atoms. The summed E-state index contributed by atoms with van der Waals surface area (Å²) in [5.74, 6) is -1.11. The van der Waals surface area contributed by atoms with Crippen LogP contribution in [0.2, 0.25) is 0 Å². The van der Waals surface area contributed by atoms with Crippen molar-refractivity contribution in [3.63, 3.8) is 0 Å². The second-order valence-corrected chi connectivity index (χ2v) is 7.71. The predicted octanol–water partition coefficient (Wildman–Crippen LogP) is 2.06. The second kappa shape index (κ2) is 5.28. The Morgan fingerprint density at radius 2 is 2.24 bits per heavy atom. The largest absolute Gasteiger partial charge is 0.477 e. The molecule has 8 heteroatoms. The van der Waals surface area contributed by atoms with Crippen LogP contribution in [0.25, 0.3) is 0 Å². The number of hydrogen-bond acceptors (Lipinski definition) is 4. The first-order chi connectivity index (χ1) is 9.97. The molecule has 1 aliphatic carbocycles. The highest BCUT2D eigenvalue weighted by Crippen LogP contribution is 2.37. The number of carbonyl (C=O) groups is 1. The summed E-state index contributed by atoms with van der Waals surface area (Å²) < 4.78 is 28.5. The lowest BCUT2D eigenvalue weighted by Gasteiger charge is -2.03. The number of thiophene rings is 1. The first-order valence-corrected chi connectivity index (χ1v) is 8.81. The Morgan fingerprint density at radius 3 is 2.81 bits per heavy atom. The van der Waals surface area contributed by atoms with Crippen molar-refractivity contribution in [2.75, 3.05) is 0 Å². The number of carboxylic acids is 1. The van der Waals surface area contributed by atoms with Gasteiger partial charge in [-0.25, -0.2) is 17.9 Å². The number of carboxylic acid groups (broad SMARTS) is 1. The number of sulfonamides is 1. The van der Waals surface area contributed by atoms with Gasteiger partial charge in [-0.15, -0.1) is 11.3 Å². The summed E-state index contributed by atoms with van der Waals surface area (Å²) >= 11 is 1.46. The van der Waals surface area contributed by atoms with Gasteiger partial charge in [0.15, 0.2) is 0 Å². The van der Waals surface area contributed by atoms with Crippen molar-refractivity contribution in [2.45, 2.75) is 30.3 Å². The number of aromatic nitrogens is 1. The standard InChI is InChI=1S/C13H14N2O4S2/c16-13(17)12-6-11(8-15(12)9-3-4-9)21(18,19)14-7-10-2-1-5-20-10/h1-2,5-6,8-9,14H,3-4,7H2,(H,16,17). The third kappa shape index (κ3) is 3.02. The topological polar surface area (TPSA) is 88.4 Å². The van der Waals surface area contributed by atoms with Crippen molar-refractivity contribution >= 4 is 27.3 Å². The lowest BCUT2D eigenvalue weighted by molar-refractivity contribution is 0.0685. The molecule has 0 aromatic carbocycles. The summed E-state index contributed by atoms with van der Waals surface area (Å²) in [6.07, 6.45) is 3.19. The molecule has 112 valence electrons. The van der Waals surface area contributed by atoms with E-state index in [1.165, 1.54) is 23.6 Å². The molecular weight excluding hydrogens is 312 g/mol. The van der Waals surface area contributed by atoms with E-state index < -0.39 is 16.0 Å². The molecular formula is C13H14N2O4S2. The smallest absolute Gasteiger partial charge is 0.352 e. The number of hydrogen-bond donors (Lipinski definition) is 2. The summed E-state index contributed by atoms with van der Waals surface area (Å²) in [6, 6.07) is 5.01. The molecule has 1 saturated carbocycles. The SMILES string of the molecule is O=C(O)c1cc(S(=O)(=O)NCc2cccs2)cn1C1CC1. The predicted molar refractivity (Wildman–Crippen MR) is 78.0 cm³/mol. The maximum absolute atomic E-state index is 12.2. The van der Waals surface area contributed by atoms with Gasteiger partial charge in [0.05, 0.1) is 0 Å². The summed E-state index contributed by atoms with van der Waals surface area (Å²) in [7, 11) is -3.70. The van der Waals surface area contributed by atoms with Crippen LogP contribution in [0.4, 0.5) is 0 Å². The third-order valence-corrected chi connectivity index (χ3v) is 5.55. The summed E-state index contributed by atoms with van der Waals surface area (Å²) in [5, 5.41) is 11.0. The first kappa shape index (κ1) is 14.3. The fraction of sp³-hybridized carbons (Fsp3) is 0.308. The zero-order valence-corrected chi connectivity index (χ0v) is 12.7. The minimum absolute atomic E-state index is 0.00311. The molecule has 0 unspecified atom stereocenters. The van der Waals surface area contributed by atoms with Crippen LogP contribution in [0, 0.1) is 0 Å². The highest BCUT2D eigenvalue weighted by molar-refractivity contribution is 7.89. The van der Waals surface area contributed by atoms with Gasteiger partial charge in [0.1, 0.15) is 10.6 Å². The fourth-order valence-electron chi connectivity index (χ4n) is 2.09. The van der Waals surface area contributed by atoms with Crippen molar-refractivity contribution in [3.05, 3.63) is 40.3 Å². The molecule has 2 aromatic rings. The highest BCUT2D eigenvalue weighted by atomic mass is 32.2. The Balaban J connectivity index is 1.84. The second-order valence-electron chi connectivity index (χ2n) is 4.91. The van der Waals surface area contributed by atoms with Gasteiger partial charge in [0, 0.05) is 23.7 Å². The van der Waals surface area contributed by atoms with Gasteiger partial charge in [0.2, 0.25) is 10.0 Å². The maximum atomic E-state index is 12.2. The van der Waals surface area contributed by atoms with E-state index >= 15 is 0 Å². The number of nitrogens with one attached hydrogen (secondary N) is 1. The summed E-state index contributed by atoms with van der Waals surface area (Å²) in [4.78, 5) is 12.1. The molecule has 0 spiro atoms. The summed E-state index contributed by atoms with van der Waals surface area (Å²) in [5.41, 5.74) is 0.0222. The Hall–Kier alpha value is -1.64. The summed E-state index contributed by atoms with van der Waals surface area (Å²) in [6.45, 7) is 0.205. The number of aromatic carboxylic acids is 1. The normalized spacial score (nSPS) is 15.2. The fourth-order valence-corrected chi connectivity index (χ4v) is 3.86. The van der Waals surface area contributed by atoms with Gasteiger partial charge in [0.25, 0.3) is 0 Å². The molecule has 0 radical (unpaired) electrons. The average molecular weight is 326 g/mol. The van der Waals surface area contributed by atoms with E-state index in [9.17, 15) is 13.2 Å². The Labute approximate surface area is 126 Å². The van der Waals surface area contributed by atoms with Crippen molar-refractivity contribution < 1.29 is 18.3 Å². The van der Waals surface area contributed by atoms with Crippen molar-refractivity contribution in [1.29, 1.82) is 0 Å². The van der Waals surface area contributed by atoms with Crippen LogP contribution in [-0.2, 0) is 16.6 Å². The van der Waals surface area contributed by atoms with Crippen LogP contribution >= 0.6 is 11.3 Å². The van der Waals surface area contributed by atoms with Crippen LogP contribution in [0.15, 0.2) is 34.7 Å². The maximum Gasteiger partial charge on any atom is 0.352 e. The minimum atomic E-state index is -3.70. The molecule has 3 rings (SSSR count). The van der Waals surface area contributed by atoms with Crippen molar-refractivity contribution in [1.82, 2.24) is 9.29 Å². The van der Waals surface area contributed by atoms with Crippen LogP contribution in [-0.4, -0.2) is 24.1 Å². The van der Waals surface area contributed by atoms with Gasteiger partial charge in [-0.1, -0.05) is 6.07 Å². The molecule has 0 amide bonds. The van der Waals surface area contributed by atoms with Gasteiger partial charge in [-0.2, -0.15) is 0 Å². The quantitative estimate of drug-likeness (QED) is 0.850. The zero-order chi connectivity index (χ0) is 15.0. The van der Waals surface area contributed by atoms with E-state index in [2.05, 4.69) is 4.72 Å². The average Bonchev–Trinajstić information content (AvgIpc) is 2.97. The van der Waals surface area contributed by atoms with Gasteiger partial charge < -0.3 is 9.67 Å². The molecule has 6 nitrogen and oxygen atoms in total. The minimum Gasteiger partial charge on any atom is -0.477 e. The van der Waals surface area contributed by atoms with Crippen LogP contribution in [0.3, 0.4) is 0 Å². The Bertz CT molecular complexity index is 758. The highest BCUT2D eigenvalue weighted by Gasteiger charge is 2.30. The van der Waals surface area contributed by atoms with Crippen LogP contribution < -0.4 is 4.72 Å². The molecule has 2 N–H and O–H groups in total. The molecule has 0 saturated heterocycles. The number of nitrogens with zero attached hydrogens (tertiary/aromatic N) is 1. The van der Waals surface area contributed by atoms with E-state index in [-0.39, 0.29) is 23.2 Å². The van der Waals surface area contributed by atoms with E-state index in [1.54, 1.807) is 4.57 Å². The third-order valence-electron chi connectivity index (χ3n) is 3.31. The van der Waals surface area contributed by atoms with E-state index in [4.69, 9.17) is 5.11 Å². The molecule has 0 aliphatic heterocycles. The van der Waals surface area contributed by atoms with E-state index in [1.807, 2.05) is 17.5 Å². The van der Waals surface area contributed by atoms with Crippen molar-refractivity contribution in [2.24, 2.45) is 0 Å². The molecule has 21 heavy (non-hydrogen) atoms. The Morgan fingerprint density at radius 1 is 1.48 bits per heavy atom. The van der Waals surface area contributed by atoms with E-state index in [0.717, 1.165) is 17.7 Å². The van der Waals surface area contributed by atoms with E-state index in [0.29, 0.717) is 0 Å². The molecule has 1 aliphatic rings. The molecule has 1 fully saturated rings. The lowest BCUT2D eigenvalue weighted by Crippen LogP contribution is -2.22. The molecule has 0 atom stereocenters. The van der Waals surface area contributed by atoms with Gasteiger partial charge in [-0.05, 0) is 30.4 Å². The first-order valence-electron chi connectivity index (χ1n) is 6.44. The number of rotatable bonds is 6. The molecule has 2 heterocycles. The Kier molecular flexibility index (Phi) is 3.60. The lowest BCUT2D eigenvalue weighted by atomic mass is 10.4. The van der Waals surface area contributed by atoms with Crippen LogP contribution in [0.1, 0.15) is 34.2 Å². The van der Waals surface area contributed by atoms with Crippen LogP contribution in [0.5, 0.6) is 0 Å². The van der Waals surface area contributed by atoms with Gasteiger partial charge in [-0.3, -0.25) is 0 Å². The molecule has 2 aromatic heterocycles. The van der Waals surface area contributed by atoms with Crippen molar-refractivity contribution in [3.8, 4) is 0 Å². The zero-order valence-electron chi connectivity index (χ0n) is 11.0.